The molecule has 1 aliphatic carbocycles. The van der Waals surface area contributed by atoms with Crippen LogP contribution in [0.3, 0.4) is 0 Å². The van der Waals surface area contributed by atoms with Gasteiger partial charge in [-0.3, -0.25) is 0 Å². The van der Waals surface area contributed by atoms with E-state index in [0.717, 1.165) is 10.8 Å². The average molecular weight is 268 g/mol. The molecule has 0 heterocycles. The van der Waals surface area contributed by atoms with Gasteiger partial charge in [-0.15, -0.1) is 0 Å². The Labute approximate surface area is 115 Å². The minimum absolute atomic E-state index is 0.655. The highest BCUT2D eigenvalue weighted by atomic mass is 35.5. The summed E-state index contributed by atoms with van der Waals surface area (Å²) >= 11 is 6.25. The maximum Gasteiger partial charge on any atom is 0.137 e. The van der Waals surface area contributed by atoms with Crippen molar-refractivity contribution in [1.29, 1.82) is 0 Å². The smallest absolute Gasteiger partial charge is 0.137 e. The summed E-state index contributed by atoms with van der Waals surface area (Å²) in [6.07, 6.45) is 5.00. The molecule has 1 N–H and O–H groups in total. The van der Waals surface area contributed by atoms with Crippen molar-refractivity contribution in [3.63, 3.8) is 0 Å². The molecule has 0 atom stereocenters. The molecule has 1 aliphatic rings. The summed E-state index contributed by atoms with van der Waals surface area (Å²) in [5.41, 5.74) is 1.36. The van der Waals surface area contributed by atoms with Crippen LogP contribution in [0.15, 0.2) is 18.2 Å². The Bertz CT molecular complexity index is 386. The van der Waals surface area contributed by atoms with Gasteiger partial charge in [-0.05, 0) is 63.3 Å². The van der Waals surface area contributed by atoms with Crippen LogP contribution in [-0.4, -0.2) is 19.7 Å². The molecule has 0 saturated heterocycles. The normalized spacial score (nSPS) is 23.9. The number of ether oxygens (including phenoxy) is 1. The summed E-state index contributed by atoms with van der Waals surface area (Å²) in [6.45, 7) is 2.63. The highest BCUT2D eigenvalue weighted by Gasteiger charge is 2.21. The number of rotatable bonds is 4. The Balaban J connectivity index is 2.03. The van der Waals surface area contributed by atoms with E-state index in [4.69, 9.17) is 16.3 Å². The summed E-state index contributed by atoms with van der Waals surface area (Å²) < 4.78 is 5.47. The third-order valence-electron chi connectivity index (χ3n) is 3.86. The molecule has 18 heavy (non-hydrogen) atoms. The summed E-state index contributed by atoms with van der Waals surface area (Å²) in [6, 6.07) is 6.95. The van der Waals surface area contributed by atoms with E-state index < -0.39 is 0 Å². The van der Waals surface area contributed by atoms with Gasteiger partial charge in [0.2, 0.25) is 0 Å². The third-order valence-corrected chi connectivity index (χ3v) is 4.16. The van der Waals surface area contributed by atoms with Crippen molar-refractivity contribution in [1.82, 2.24) is 5.32 Å². The lowest BCUT2D eigenvalue weighted by atomic mass is 9.82. The molecule has 1 aromatic rings. The Kier molecular flexibility index (Phi) is 4.90. The van der Waals surface area contributed by atoms with Crippen molar-refractivity contribution in [2.45, 2.75) is 44.6 Å². The van der Waals surface area contributed by atoms with Crippen molar-refractivity contribution in [3.05, 3.63) is 28.8 Å². The van der Waals surface area contributed by atoms with Gasteiger partial charge in [-0.1, -0.05) is 17.7 Å². The second kappa shape index (κ2) is 6.44. The van der Waals surface area contributed by atoms with Crippen LogP contribution in [0.4, 0.5) is 0 Å². The summed E-state index contributed by atoms with van der Waals surface area (Å²) in [7, 11) is 2.05. The van der Waals surface area contributed by atoms with Gasteiger partial charge in [-0.25, -0.2) is 0 Å². The second-order valence-electron chi connectivity index (χ2n) is 4.96. The Morgan fingerprint density at radius 2 is 2.00 bits per heavy atom. The molecule has 100 valence electrons. The van der Waals surface area contributed by atoms with Gasteiger partial charge in [0.1, 0.15) is 5.75 Å². The summed E-state index contributed by atoms with van der Waals surface area (Å²) in [5.74, 6) is 1.45. The van der Waals surface area contributed by atoms with Gasteiger partial charge in [0, 0.05) is 6.04 Å². The van der Waals surface area contributed by atoms with E-state index in [1.165, 1.54) is 31.2 Å². The second-order valence-corrected chi connectivity index (χ2v) is 5.37. The van der Waals surface area contributed by atoms with Crippen LogP contribution in [0.1, 0.15) is 44.1 Å². The lowest BCUT2D eigenvalue weighted by Crippen LogP contribution is -2.29. The van der Waals surface area contributed by atoms with Crippen LogP contribution in [0.25, 0.3) is 0 Å². The fourth-order valence-corrected chi connectivity index (χ4v) is 3.00. The molecule has 2 rings (SSSR count). The Morgan fingerprint density at radius 1 is 1.28 bits per heavy atom. The first-order chi connectivity index (χ1) is 8.74. The van der Waals surface area contributed by atoms with E-state index in [9.17, 15) is 0 Å². The van der Waals surface area contributed by atoms with Crippen LogP contribution >= 0.6 is 11.6 Å². The van der Waals surface area contributed by atoms with Crippen molar-refractivity contribution in [3.8, 4) is 5.75 Å². The minimum Gasteiger partial charge on any atom is -0.492 e. The van der Waals surface area contributed by atoms with E-state index in [2.05, 4.69) is 24.5 Å². The van der Waals surface area contributed by atoms with Crippen molar-refractivity contribution in [2.75, 3.05) is 13.7 Å². The van der Waals surface area contributed by atoms with Gasteiger partial charge >= 0.3 is 0 Å². The van der Waals surface area contributed by atoms with E-state index in [-0.39, 0.29) is 0 Å². The van der Waals surface area contributed by atoms with Crippen LogP contribution < -0.4 is 10.1 Å². The lowest BCUT2D eigenvalue weighted by molar-refractivity contribution is 0.339. The van der Waals surface area contributed by atoms with Gasteiger partial charge in [0.25, 0.3) is 0 Å². The first-order valence-electron chi connectivity index (χ1n) is 6.84. The number of nitrogens with one attached hydrogen (secondary N) is 1. The van der Waals surface area contributed by atoms with Crippen molar-refractivity contribution < 1.29 is 4.74 Å². The molecule has 1 saturated carbocycles. The molecule has 1 fully saturated rings. The first kappa shape index (κ1) is 13.7. The minimum atomic E-state index is 0.655. The molecular formula is C15H22ClNO. The fourth-order valence-electron chi connectivity index (χ4n) is 2.76. The van der Waals surface area contributed by atoms with Gasteiger partial charge in [0.15, 0.2) is 0 Å². The molecule has 0 bridgehead atoms. The van der Waals surface area contributed by atoms with Crippen LogP contribution in [-0.2, 0) is 0 Å². The van der Waals surface area contributed by atoms with Gasteiger partial charge < -0.3 is 10.1 Å². The zero-order valence-electron chi connectivity index (χ0n) is 11.2. The van der Waals surface area contributed by atoms with Crippen molar-refractivity contribution >= 4 is 11.6 Å². The maximum atomic E-state index is 6.25. The van der Waals surface area contributed by atoms with Gasteiger partial charge in [0.05, 0.1) is 11.6 Å². The van der Waals surface area contributed by atoms with Crippen LogP contribution in [0.5, 0.6) is 5.75 Å². The zero-order chi connectivity index (χ0) is 13.0. The van der Waals surface area contributed by atoms with Crippen molar-refractivity contribution in [2.24, 2.45) is 0 Å². The molecular weight excluding hydrogens is 246 g/mol. The third kappa shape index (κ3) is 3.18. The van der Waals surface area contributed by atoms with E-state index in [1.54, 1.807) is 0 Å². The molecule has 1 aromatic carbocycles. The molecule has 0 aliphatic heterocycles. The molecule has 0 spiro atoms. The average Bonchev–Trinajstić information content (AvgIpc) is 2.41. The number of hydrogen-bond acceptors (Lipinski definition) is 2. The molecule has 0 amide bonds. The molecule has 0 unspecified atom stereocenters. The van der Waals surface area contributed by atoms with Gasteiger partial charge in [-0.2, -0.15) is 0 Å². The Hall–Kier alpha value is -0.730. The highest BCUT2D eigenvalue weighted by Crippen LogP contribution is 2.36. The quantitative estimate of drug-likeness (QED) is 0.891. The summed E-state index contributed by atoms with van der Waals surface area (Å²) in [4.78, 5) is 0. The molecule has 0 radical (unpaired) electrons. The topological polar surface area (TPSA) is 21.3 Å². The summed E-state index contributed by atoms with van der Waals surface area (Å²) in [5, 5.41) is 4.11. The SMILES string of the molecule is CCOc1ccc(C2CCC(NC)CC2)cc1Cl. The highest BCUT2D eigenvalue weighted by molar-refractivity contribution is 6.32. The monoisotopic (exact) mass is 267 g/mol. The van der Waals surface area contributed by atoms with E-state index in [0.29, 0.717) is 18.6 Å². The van der Waals surface area contributed by atoms with Crippen LogP contribution in [0.2, 0.25) is 5.02 Å². The largest absolute Gasteiger partial charge is 0.492 e. The number of hydrogen-bond donors (Lipinski definition) is 1. The Morgan fingerprint density at radius 3 is 2.56 bits per heavy atom. The molecule has 0 aromatic heterocycles. The first-order valence-corrected chi connectivity index (χ1v) is 7.22. The lowest BCUT2D eigenvalue weighted by Gasteiger charge is -2.28. The van der Waals surface area contributed by atoms with E-state index in [1.807, 2.05) is 13.0 Å². The standard InChI is InChI=1S/C15H22ClNO/c1-3-18-15-9-6-12(10-14(15)16)11-4-7-13(17-2)8-5-11/h6,9-11,13,17H,3-5,7-8H2,1-2H3. The fraction of sp³-hybridized carbons (Fsp3) is 0.600. The molecule has 2 nitrogen and oxygen atoms in total. The number of halogens is 1. The predicted molar refractivity (Wildman–Crippen MR) is 76.7 cm³/mol. The van der Waals surface area contributed by atoms with E-state index >= 15 is 0 Å². The van der Waals surface area contributed by atoms with Crippen LogP contribution in [0, 0.1) is 0 Å². The molecule has 3 heteroatoms. The number of benzene rings is 1. The maximum absolute atomic E-state index is 6.25. The predicted octanol–water partition coefficient (Wildman–Crippen LogP) is 3.98. The zero-order valence-corrected chi connectivity index (χ0v) is 12.0.